The molecule has 1 aromatic heterocycles. The Labute approximate surface area is 171 Å². The van der Waals surface area contributed by atoms with Gasteiger partial charge < -0.3 is 14.8 Å². The average molecular weight is 397 g/mol. The van der Waals surface area contributed by atoms with Crippen LogP contribution in [-0.2, 0) is 20.7 Å². The predicted octanol–water partition coefficient (Wildman–Crippen LogP) is 3.88. The van der Waals surface area contributed by atoms with Gasteiger partial charge in [-0.25, -0.2) is 14.6 Å². The minimum absolute atomic E-state index is 0.226. The molecule has 0 aliphatic rings. The summed E-state index contributed by atoms with van der Waals surface area (Å²) in [6.45, 7) is 10.6. The third-order valence-electron chi connectivity index (χ3n) is 3.69. The van der Waals surface area contributed by atoms with E-state index in [0.717, 1.165) is 10.9 Å². The summed E-state index contributed by atoms with van der Waals surface area (Å²) < 4.78 is 10.7. The molecule has 1 heterocycles. The van der Waals surface area contributed by atoms with Gasteiger partial charge in [-0.1, -0.05) is 6.07 Å². The van der Waals surface area contributed by atoms with Crippen LogP contribution in [0.3, 0.4) is 0 Å². The van der Waals surface area contributed by atoms with E-state index in [1.165, 1.54) is 0 Å². The number of amides is 1. The van der Waals surface area contributed by atoms with Crippen LogP contribution in [0.15, 0.2) is 30.3 Å². The van der Waals surface area contributed by atoms with Crippen LogP contribution in [0.25, 0.3) is 10.9 Å². The van der Waals surface area contributed by atoms with Crippen molar-refractivity contribution in [3.05, 3.63) is 41.6 Å². The summed E-state index contributed by atoms with van der Waals surface area (Å²) in [6, 6.07) is 10.0. The summed E-state index contributed by atoms with van der Waals surface area (Å²) in [6.07, 6.45) is -0.459. The van der Waals surface area contributed by atoms with Gasteiger partial charge in [-0.15, -0.1) is 0 Å². The highest BCUT2D eigenvalue weighted by Gasteiger charge is 2.29. The summed E-state index contributed by atoms with van der Waals surface area (Å²) in [5, 5.41) is 12.4. The van der Waals surface area contributed by atoms with E-state index in [2.05, 4.69) is 10.3 Å². The summed E-state index contributed by atoms with van der Waals surface area (Å²) in [4.78, 5) is 29.1. The first kappa shape index (κ1) is 22.2. The normalized spacial score (nSPS) is 12.7. The molecule has 0 aliphatic heterocycles. The number of rotatable bonds is 4. The van der Waals surface area contributed by atoms with E-state index in [4.69, 9.17) is 14.7 Å². The predicted molar refractivity (Wildman–Crippen MR) is 109 cm³/mol. The van der Waals surface area contributed by atoms with Crippen LogP contribution < -0.4 is 5.32 Å². The highest BCUT2D eigenvalue weighted by molar-refractivity contribution is 5.83. The third kappa shape index (κ3) is 7.07. The lowest BCUT2D eigenvalue weighted by Crippen LogP contribution is -2.47. The average Bonchev–Trinajstić information content (AvgIpc) is 2.57. The van der Waals surface area contributed by atoms with E-state index in [0.29, 0.717) is 11.2 Å². The minimum atomic E-state index is -0.909. The molecule has 0 saturated heterocycles. The van der Waals surface area contributed by atoms with Crippen LogP contribution >= 0.6 is 0 Å². The fourth-order valence-corrected chi connectivity index (χ4v) is 2.62. The van der Waals surface area contributed by atoms with E-state index >= 15 is 0 Å². The number of nitriles is 1. The van der Waals surface area contributed by atoms with Gasteiger partial charge >= 0.3 is 12.1 Å². The molecule has 0 fully saturated rings. The van der Waals surface area contributed by atoms with Crippen molar-refractivity contribution in [2.75, 3.05) is 0 Å². The molecule has 29 heavy (non-hydrogen) atoms. The van der Waals surface area contributed by atoms with Crippen molar-refractivity contribution < 1.29 is 19.1 Å². The van der Waals surface area contributed by atoms with Gasteiger partial charge in [0, 0.05) is 11.8 Å². The van der Waals surface area contributed by atoms with Gasteiger partial charge in [-0.3, -0.25) is 0 Å². The zero-order valence-electron chi connectivity index (χ0n) is 17.7. The summed E-state index contributed by atoms with van der Waals surface area (Å²) in [5.74, 6) is -0.540. The van der Waals surface area contributed by atoms with Gasteiger partial charge in [-0.05, 0) is 71.4 Å². The second-order valence-corrected chi connectivity index (χ2v) is 8.77. The van der Waals surface area contributed by atoms with E-state index in [1.54, 1.807) is 59.7 Å². The van der Waals surface area contributed by atoms with Crippen LogP contribution in [-0.4, -0.2) is 34.3 Å². The third-order valence-corrected chi connectivity index (χ3v) is 3.69. The molecule has 1 aromatic carbocycles. The van der Waals surface area contributed by atoms with Crippen molar-refractivity contribution >= 4 is 23.0 Å². The molecular formula is C22H27N3O4. The number of fused-ring (bicyclic) bond motifs is 1. The largest absolute Gasteiger partial charge is 0.458 e. The highest BCUT2D eigenvalue weighted by Crippen LogP contribution is 2.18. The van der Waals surface area contributed by atoms with Gasteiger partial charge in [0.2, 0.25) is 0 Å². The van der Waals surface area contributed by atoms with Crippen molar-refractivity contribution in [1.82, 2.24) is 10.3 Å². The number of nitrogens with zero attached hydrogens (tertiary/aromatic N) is 2. The zero-order chi connectivity index (χ0) is 21.8. The Bertz CT molecular complexity index is 949. The minimum Gasteiger partial charge on any atom is -0.458 e. The topological polar surface area (TPSA) is 101 Å². The Morgan fingerprint density at radius 1 is 1.07 bits per heavy atom. The van der Waals surface area contributed by atoms with Gasteiger partial charge in [0.25, 0.3) is 0 Å². The first-order valence-corrected chi connectivity index (χ1v) is 9.38. The van der Waals surface area contributed by atoms with Crippen molar-refractivity contribution in [1.29, 1.82) is 5.26 Å². The number of ether oxygens (including phenoxy) is 2. The van der Waals surface area contributed by atoms with Crippen LogP contribution in [0.2, 0.25) is 0 Å². The molecule has 1 N–H and O–H groups in total. The molecule has 2 rings (SSSR count). The molecule has 2 aromatic rings. The number of esters is 1. The summed E-state index contributed by atoms with van der Waals surface area (Å²) in [7, 11) is 0. The summed E-state index contributed by atoms with van der Waals surface area (Å²) >= 11 is 0. The van der Waals surface area contributed by atoms with Crippen LogP contribution in [0.5, 0.6) is 0 Å². The number of carbonyl (C=O) groups is 2. The number of carbonyl (C=O) groups excluding carboxylic acids is 2. The molecule has 0 bridgehead atoms. The second kappa shape index (κ2) is 8.48. The van der Waals surface area contributed by atoms with Crippen LogP contribution in [0.1, 0.15) is 52.8 Å². The molecular weight excluding hydrogens is 370 g/mol. The van der Waals surface area contributed by atoms with Crippen LogP contribution in [0, 0.1) is 11.3 Å². The fourth-order valence-electron chi connectivity index (χ4n) is 2.62. The maximum absolute atomic E-state index is 12.7. The molecule has 7 heteroatoms. The lowest BCUT2D eigenvalue weighted by molar-refractivity contribution is -0.157. The van der Waals surface area contributed by atoms with Crippen molar-refractivity contribution in [3.8, 4) is 6.07 Å². The Hall–Kier alpha value is -3.14. The number of hydrogen-bond donors (Lipinski definition) is 1. The summed E-state index contributed by atoms with van der Waals surface area (Å²) in [5.41, 5.74) is 0.461. The lowest BCUT2D eigenvalue weighted by Gasteiger charge is -2.26. The Morgan fingerprint density at radius 2 is 1.72 bits per heavy atom. The number of alkyl carbamates (subject to hydrolysis) is 1. The number of benzene rings is 1. The lowest BCUT2D eigenvalue weighted by atomic mass is 10.0. The van der Waals surface area contributed by atoms with Crippen molar-refractivity contribution in [2.45, 2.75) is 65.2 Å². The van der Waals surface area contributed by atoms with Crippen molar-refractivity contribution in [3.63, 3.8) is 0 Å². The number of aromatic nitrogens is 1. The SMILES string of the molecule is CC(C)(C)OC(=O)N[C@@H](Cc1ccc2nc(C#N)ccc2c1)C(=O)OC(C)(C)C. The number of hydrogen-bond acceptors (Lipinski definition) is 6. The molecule has 0 unspecified atom stereocenters. The molecule has 0 aliphatic carbocycles. The molecule has 1 atom stereocenters. The van der Waals surface area contributed by atoms with Gasteiger partial charge in [0.05, 0.1) is 5.52 Å². The Morgan fingerprint density at radius 3 is 2.31 bits per heavy atom. The van der Waals surface area contributed by atoms with Gasteiger partial charge in [0.15, 0.2) is 0 Å². The molecule has 0 spiro atoms. The van der Waals surface area contributed by atoms with Crippen molar-refractivity contribution in [2.24, 2.45) is 0 Å². The molecule has 154 valence electrons. The zero-order valence-corrected chi connectivity index (χ0v) is 17.7. The molecule has 1 amide bonds. The van der Waals surface area contributed by atoms with E-state index < -0.39 is 29.3 Å². The Balaban J connectivity index is 2.26. The second-order valence-electron chi connectivity index (χ2n) is 8.77. The van der Waals surface area contributed by atoms with Gasteiger partial charge in [0.1, 0.15) is 29.0 Å². The first-order chi connectivity index (χ1) is 13.4. The maximum Gasteiger partial charge on any atom is 0.408 e. The standard InChI is InChI=1S/C22H27N3O4/c1-21(2,3)28-19(26)18(25-20(27)29-22(4,5)6)12-14-7-10-17-15(11-14)8-9-16(13-23)24-17/h7-11,18H,12H2,1-6H3,(H,25,27)/t18-/m0/s1. The molecule has 0 saturated carbocycles. The van der Waals surface area contributed by atoms with E-state index in [-0.39, 0.29) is 6.42 Å². The van der Waals surface area contributed by atoms with Gasteiger partial charge in [-0.2, -0.15) is 5.26 Å². The monoisotopic (exact) mass is 397 g/mol. The van der Waals surface area contributed by atoms with E-state index in [9.17, 15) is 9.59 Å². The maximum atomic E-state index is 12.7. The smallest absolute Gasteiger partial charge is 0.408 e. The van der Waals surface area contributed by atoms with Crippen LogP contribution in [0.4, 0.5) is 4.79 Å². The first-order valence-electron chi connectivity index (χ1n) is 9.38. The quantitative estimate of drug-likeness (QED) is 0.786. The van der Waals surface area contributed by atoms with E-state index in [1.807, 2.05) is 18.2 Å². The molecule has 7 nitrogen and oxygen atoms in total. The fraction of sp³-hybridized carbons (Fsp3) is 0.455. The number of nitrogens with one attached hydrogen (secondary N) is 1. The molecule has 0 radical (unpaired) electrons. The number of pyridine rings is 1. The Kier molecular flexibility index (Phi) is 6.48. The highest BCUT2D eigenvalue weighted by atomic mass is 16.6.